The van der Waals surface area contributed by atoms with E-state index in [2.05, 4.69) is 43.5 Å². The topological polar surface area (TPSA) is 95.9 Å². The van der Waals surface area contributed by atoms with Gasteiger partial charge in [0.15, 0.2) is 0 Å². The summed E-state index contributed by atoms with van der Waals surface area (Å²) in [5.74, 6) is -0.111. The van der Waals surface area contributed by atoms with Crippen molar-refractivity contribution < 1.29 is 24.5 Å². The predicted molar refractivity (Wildman–Crippen MR) is 250 cm³/mol. The minimum absolute atomic E-state index is 0.0395. The molecule has 0 spiro atoms. The molecule has 0 rings (SSSR count). The fourth-order valence-corrected chi connectivity index (χ4v) is 7.74. The summed E-state index contributed by atoms with van der Waals surface area (Å²) in [6.45, 7) is 4.86. The number of allylic oxidation sites excluding steroid dienone is 4. The Hall–Kier alpha value is -1.66. The summed E-state index contributed by atoms with van der Waals surface area (Å²) in [4.78, 5) is 24.5. The van der Waals surface area contributed by atoms with Gasteiger partial charge < -0.3 is 20.3 Å². The van der Waals surface area contributed by atoms with Crippen molar-refractivity contribution in [1.29, 1.82) is 0 Å². The summed E-state index contributed by atoms with van der Waals surface area (Å²) >= 11 is 0. The lowest BCUT2D eigenvalue weighted by atomic mass is 10.0. The average Bonchev–Trinajstić information content (AvgIpc) is 3.22. The number of hydrogen-bond acceptors (Lipinski definition) is 5. The zero-order valence-corrected chi connectivity index (χ0v) is 38.8. The van der Waals surface area contributed by atoms with Crippen molar-refractivity contribution in [3.05, 3.63) is 24.3 Å². The summed E-state index contributed by atoms with van der Waals surface area (Å²) in [6.07, 6.45) is 55.8. The molecule has 0 aromatic heterocycles. The Morgan fingerprint density at radius 3 is 1.22 bits per heavy atom. The monoisotopic (exact) mass is 818 g/mol. The van der Waals surface area contributed by atoms with Gasteiger partial charge >= 0.3 is 5.97 Å². The molecule has 0 aromatic rings. The van der Waals surface area contributed by atoms with Crippen molar-refractivity contribution in [2.24, 2.45) is 0 Å². The maximum atomic E-state index is 12.4. The molecular formula is C52H99NO5. The van der Waals surface area contributed by atoms with Crippen molar-refractivity contribution in [1.82, 2.24) is 5.32 Å². The fraction of sp³-hybridized carbons (Fsp3) is 0.885. The van der Waals surface area contributed by atoms with Gasteiger partial charge in [-0.25, -0.2) is 0 Å². The lowest BCUT2D eigenvalue weighted by molar-refractivity contribution is -0.143. The summed E-state index contributed by atoms with van der Waals surface area (Å²) in [6, 6.07) is -0.566. The first-order chi connectivity index (χ1) is 28.5. The van der Waals surface area contributed by atoms with Crippen LogP contribution in [0.2, 0.25) is 0 Å². The van der Waals surface area contributed by atoms with Crippen LogP contribution in [0.5, 0.6) is 0 Å². The molecular weight excluding hydrogens is 719 g/mol. The molecule has 6 heteroatoms. The van der Waals surface area contributed by atoms with Crippen LogP contribution in [0.4, 0.5) is 0 Å². The van der Waals surface area contributed by atoms with Gasteiger partial charge in [0.05, 0.1) is 25.4 Å². The first-order valence-electron chi connectivity index (χ1n) is 25.6. The van der Waals surface area contributed by atoms with Gasteiger partial charge in [-0.15, -0.1) is 0 Å². The second-order valence-corrected chi connectivity index (χ2v) is 17.5. The van der Waals surface area contributed by atoms with Crippen molar-refractivity contribution >= 4 is 11.9 Å². The molecule has 0 saturated heterocycles. The minimum Gasteiger partial charge on any atom is -0.466 e. The van der Waals surface area contributed by atoms with E-state index in [9.17, 15) is 19.8 Å². The minimum atomic E-state index is -0.685. The zero-order chi connectivity index (χ0) is 42.3. The normalized spacial score (nSPS) is 12.8. The highest BCUT2D eigenvalue weighted by Gasteiger charge is 2.20. The highest BCUT2D eigenvalue weighted by Crippen LogP contribution is 2.16. The molecule has 0 radical (unpaired) electrons. The Labute approximate surface area is 361 Å². The summed E-state index contributed by atoms with van der Waals surface area (Å²) in [7, 11) is 0. The molecule has 3 N–H and O–H groups in total. The van der Waals surface area contributed by atoms with Gasteiger partial charge in [0.2, 0.25) is 5.91 Å². The number of aliphatic hydroxyl groups excluding tert-OH is 2. The molecule has 6 nitrogen and oxygen atoms in total. The summed E-state index contributed by atoms with van der Waals surface area (Å²) < 4.78 is 5.44. The van der Waals surface area contributed by atoms with Crippen LogP contribution in [0, 0.1) is 0 Å². The largest absolute Gasteiger partial charge is 0.466 e. The first-order valence-corrected chi connectivity index (χ1v) is 25.6. The van der Waals surface area contributed by atoms with E-state index in [1.54, 1.807) is 0 Å². The quantitative estimate of drug-likeness (QED) is 0.0323. The van der Waals surface area contributed by atoms with E-state index in [0.717, 1.165) is 77.0 Å². The van der Waals surface area contributed by atoms with Crippen LogP contribution in [0.25, 0.3) is 0 Å². The van der Waals surface area contributed by atoms with Crippen LogP contribution in [0.15, 0.2) is 24.3 Å². The molecule has 0 aliphatic heterocycles. The van der Waals surface area contributed by atoms with E-state index in [1.807, 2.05) is 0 Å². The number of carbonyl (C=O) groups is 2. The Morgan fingerprint density at radius 1 is 0.466 bits per heavy atom. The predicted octanol–water partition coefficient (Wildman–Crippen LogP) is 15.1. The lowest BCUT2D eigenvalue weighted by Crippen LogP contribution is -2.45. The molecule has 0 bridgehead atoms. The number of unbranched alkanes of at least 4 members (excludes halogenated alkanes) is 32. The standard InChI is InChI=1S/C52H99NO5/c1-3-5-7-9-11-13-15-17-18-19-20-21-23-25-30-34-38-42-46-52(57)58-47-43-39-35-31-27-26-29-33-37-41-45-51(56)53-49(48-54)50(55)44-40-36-32-28-24-22-16-14-12-10-8-6-4-2/h18-19,27,31,49-50,54-55H,3-17,20-26,28-30,32-48H2,1-2H3,(H,53,56)/b19-18-,31-27-. The Balaban J connectivity index is 3.51. The third-order valence-corrected chi connectivity index (χ3v) is 11.7. The van der Waals surface area contributed by atoms with Gasteiger partial charge in [0, 0.05) is 12.8 Å². The molecule has 0 saturated carbocycles. The smallest absolute Gasteiger partial charge is 0.305 e. The third kappa shape index (κ3) is 43.9. The van der Waals surface area contributed by atoms with Gasteiger partial charge in [-0.05, 0) is 77.0 Å². The van der Waals surface area contributed by atoms with Crippen LogP contribution >= 0.6 is 0 Å². The van der Waals surface area contributed by atoms with Crippen LogP contribution in [-0.4, -0.2) is 47.4 Å². The summed E-state index contributed by atoms with van der Waals surface area (Å²) in [5, 5.41) is 23.1. The zero-order valence-electron chi connectivity index (χ0n) is 38.8. The molecule has 342 valence electrons. The van der Waals surface area contributed by atoms with Gasteiger partial charge in [-0.1, -0.05) is 205 Å². The number of aliphatic hydroxyl groups is 2. The summed E-state index contributed by atoms with van der Waals surface area (Å²) in [5.41, 5.74) is 0. The molecule has 2 unspecified atom stereocenters. The molecule has 0 aromatic carbocycles. The van der Waals surface area contributed by atoms with E-state index in [4.69, 9.17) is 4.74 Å². The second-order valence-electron chi connectivity index (χ2n) is 17.5. The maximum Gasteiger partial charge on any atom is 0.305 e. The molecule has 0 aliphatic rings. The number of rotatable bonds is 47. The van der Waals surface area contributed by atoms with Crippen molar-refractivity contribution in [3.63, 3.8) is 0 Å². The van der Waals surface area contributed by atoms with Gasteiger partial charge in [0.1, 0.15) is 0 Å². The van der Waals surface area contributed by atoms with E-state index in [1.165, 1.54) is 161 Å². The molecule has 0 aliphatic carbocycles. The van der Waals surface area contributed by atoms with Crippen LogP contribution in [0.1, 0.15) is 271 Å². The molecule has 2 atom stereocenters. The van der Waals surface area contributed by atoms with Crippen molar-refractivity contribution in [3.8, 4) is 0 Å². The van der Waals surface area contributed by atoms with Crippen molar-refractivity contribution in [2.45, 2.75) is 283 Å². The lowest BCUT2D eigenvalue weighted by Gasteiger charge is -2.22. The molecule has 1 amide bonds. The molecule has 0 heterocycles. The van der Waals surface area contributed by atoms with Crippen LogP contribution in [-0.2, 0) is 14.3 Å². The Kier molecular flexibility index (Phi) is 46.6. The van der Waals surface area contributed by atoms with Crippen LogP contribution < -0.4 is 5.32 Å². The first kappa shape index (κ1) is 56.3. The number of nitrogens with one attached hydrogen (secondary N) is 1. The number of carbonyl (C=O) groups excluding carboxylic acids is 2. The number of ether oxygens (including phenoxy) is 1. The Bertz CT molecular complexity index is 904. The Morgan fingerprint density at radius 2 is 0.810 bits per heavy atom. The number of esters is 1. The van der Waals surface area contributed by atoms with E-state index < -0.39 is 12.1 Å². The SMILES string of the molecule is CCCCCCCCC/C=C\CCCCCCCCCC(=O)OCCCC/C=C\CCCCCCC(=O)NC(CO)C(O)CCCCCCCCCCCCCCC. The molecule has 0 fully saturated rings. The number of hydrogen-bond donors (Lipinski definition) is 3. The van der Waals surface area contributed by atoms with Gasteiger partial charge in [0.25, 0.3) is 0 Å². The second kappa shape index (κ2) is 48.0. The maximum absolute atomic E-state index is 12.4. The van der Waals surface area contributed by atoms with Gasteiger partial charge in [-0.2, -0.15) is 0 Å². The number of amides is 1. The highest BCUT2D eigenvalue weighted by atomic mass is 16.5. The average molecular weight is 818 g/mol. The van der Waals surface area contributed by atoms with Crippen molar-refractivity contribution in [2.75, 3.05) is 13.2 Å². The molecule has 58 heavy (non-hydrogen) atoms. The van der Waals surface area contributed by atoms with Crippen LogP contribution in [0.3, 0.4) is 0 Å². The van der Waals surface area contributed by atoms with E-state index >= 15 is 0 Å². The fourth-order valence-electron chi connectivity index (χ4n) is 7.74. The van der Waals surface area contributed by atoms with E-state index in [0.29, 0.717) is 25.9 Å². The third-order valence-electron chi connectivity index (χ3n) is 11.7. The van der Waals surface area contributed by atoms with E-state index in [-0.39, 0.29) is 18.5 Å². The highest BCUT2D eigenvalue weighted by molar-refractivity contribution is 5.76. The van der Waals surface area contributed by atoms with Gasteiger partial charge in [-0.3, -0.25) is 9.59 Å².